The molecular formula is C13H23F2N3O. The van der Waals surface area contributed by atoms with Crippen molar-refractivity contribution in [3.63, 3.8) is 0 Å². The summed E-state index contributed by atoms with van der Waals surface area (Å²) in [6.45, 7) is 1.46. The second-order valence-electron chi connectivity index (χ2n) is 5.94. The van der Waals surface area contributed by atoms with Crippen molar-refractivity contribution in [3.8, 4) is 0 Å². The fourth-order valence-electron chi connectivity index (χ4n) is 3.05. The van der Waals surface area contributed by atoms with Gasteiger partial charge in [0.05, 0.1) is 13.1 Å². The molecule has 2 unspecified atom stereocenters. The lowest BCUT2D eigenvalue weighted by Crippen LogP contribution is -2.52. The van der Waals surface area contributed by atoms with Crippen LogP contribution in [0.4, 0.5) is 8.78 Å². The quantitative estimate of drug-likeness (QED) is 0.723. The maximum atomic E-state index is 12.3. The largest absolute Gasteiger partial charge is 0.369 e. The molecule has 3 N–H and O–H groups in total. The van der Waals surface area contributed by atoms with Gasteiger partial charge >= 0.3 is 0 Å². The van der Waals surface area contributed by atoms with Gasteiger partial charge in [-0.2, -0.15) is 0 Å². The number of likely N-dealkylation sites (tertiary alicyclic amines) is 1. The third-order valence-electron chi connectivity index (χ3n) is 3.92. The van der Waals surface area contributed by atoms with Crippen LogP contribution < -0.4 is 11.1 Å². The minimum Gasteiger partial charge on any atom is -0.369 e. The van der Waals surface area contributed by atoms with E-state index < -0.39 is 6.43 Å². The molecule has 1 amide bonds. The fraction of sp³-hybridized carbons (Fsp3) is 0.923. The molecule has 0 bridgehead atoms. The number of carbonyl (C=O) groups excluding carboxylic acids is 1. The number of piperidine rings is 1. The summed E-state index contributed by atoms with van der Waals surface area (Å²) < 4.78 is 24.5. The molecule has 4 nitrogen and oxygen atoms in total. The molecule has 19 heavy (non-hydrogen) atoms. The second kappa shape index (κ2) is 6.61. The number of nitrogens with zero attached hydrogens (tertiary/aromatic N) is 1. The number of nitrogens with one attached hydrogen (secondary N) is 1. The predicted molar refractivity (Wildman–Crippen MR) is 68.9 cm³/mol. The minimum absolute atomic E-state index is 0.0471. The van der Waals surface area contributed by atoms with Gasteiger partial charge in [0.15, 0.2) is 0 Å². The van der Waals surface area contributed by atoms with E-state index in [0.717, 1.165) is 25.3 Å². The number of hydrogen-bond donors (Lipinski definition) is 2. The summed E-state index contributed by atoms with van der Waals surface area (Å²) in [5.74, 6) is 0.963. The summed E-state index contributed by atoms with van der Waals surface area (Å²) in [6.07, 6.45) is 2.34. The number of alkyl halides is 2. The lowest BCUT2D eigenvalue weighted by Gasteiger charge is -2.37. The van der Waals surface area contributed by atoms with Crippen LogP contribution in [0.5, 0.6) is 0 Å². The second-order valence-corrected chi connectivity index (χ2v) is 5.94. The molecule has 2 rings (SSSR count). The van der Waals surface area contributed by atoms with Gasteiger partial charge in [0.1, 0.15) is 0 Å². The van der Waals surface area contributed by atoms with Crippen molar-refractivity contribution >= 4 is 5.91 Å². The van der Waals surface area contributed by atoms with Crippen LogP contribution >= 0.6 is 0 Å². The van der Waals surface area contributed by atoms with Gasteiger partial charge in [-0.05, 0) is 24.7 Å². The van der Waals surface area contributed by atoms with E-state index in [9.17, 15) is 13.6 Å². The summed E-state index contributed by atoms with van der Waals surface area (Å²) in [6, 6.07) is 0.0471. The van der Waals surface area contributed by atoms with Gasteiger partial charge in [-0.15, -0.1) is 0 Å². The van der Waals surface area contributed by atoms with Crippen LogP contribution in [-0.2, 0) is 4.79 Å². The highest BCUT2D eigenvalue weighted by molar-refractivity contribution is 5.75. The fourth-order valence-corrected chi connectivity index (χ4v) is 3.05. The zero-order valence-electron chi connectivity index (χ0n) is 11.2. The van der Waals surface area contributed by atoms with Gasteiger partial charge in [-0.1, -0.05) is 12.8 Å². The Labute approximate surface area is 112 Å². The summed E-state index contributed by atoms with van der Waals surface area (Å²) in [5, 5.41) is 2.90. The van der Waals surface area contributed by atoms with Crippen LogP contribution in [0.15, 0.2) is 0 Å². The Balaban J connectivity index is 1.84. The predicted octanol–water partition coefficient (Wildman–Crippen LogP) is 0.817. The van der Waals surface area contributed by atoms with Crippen LogP contribution in [0, 0.1) is 11.8 Å². The first-order valence-electron chi connectivity index (χ1n) is 7.05. The SMILES string of the molecule is NC(=O)CN1CC(CC2CC2)CC(NCC(F)F)C1. The third-order valence-corrected chi connectivity index (χ3v) is 3.92. The average molecular weight is 275 g/mol. The normalized spacial score (nSPS) is 28.8. The Morgan fingerprint density at radius 1 is 1.32 bits per heavy atom. The van der Waals surface area contributed by atoms with E-state index >= 15 is 0 Å². The van der Waals surface area contributed by atoms with Crippen molar-refractivity contribution in [2.24, 2.45) is 17.6 Å². The molecule has 2 aliphatic rings. The lowest BCUT2D eigenvalue weighted by atomic mass is 9.89. The Kier molecular flexibility index (Phi) is 5.10. The molecule has 0 spiro atoms. The molecule has 1 heterocycles. The maximum Gasteiger partial charge on any atom is 0.250 e. The van der Waals surface area contributed by atoms with E-state index in [-0.39, 0.29) is 25.0 Å². The maximum absolute atomic E-state index is 12.3. The Morgan fingerprint density at radius 2 is 2.05 bits per heavy atom. The number of nitrogens with two attached hydrogens (primary N) is 1. The summed E-state index contributed by atoms with van der Waals surface area (Å²) in [7, 11) is 0. The monoisotopic (exact) mass is 275 g/mol. The summed E-state index contributed by atoms with van der Waals surface area (Å²) in [5.41, 5.74) is 5.23. The lowest BCUT2D eigenvalue weighted by molar-refractivity contribution is -0.119. The first-order valence-corrected chi connectivity index (χ1v) is 7.05. The molecule has 2 atom stereocenters. The number of primary amides is 1. The molecule has 1 saturated heterocycles. The molecule has 1 aliphatic heterocycles. The molecular weight excluding hydrogens is 252 g/mol. The zero-order chi connectivity index (χ0) is 13.8. The standard InChI is InChI=1S/C13H23F2N3O/c14-12(15)5-17-11-4-10(3-9-1-2-9)6-18(7-11)8-13(16)19/h9-12,17H,1-8H2,(H2,16,19). The smallest absolute Gasteiger partial charge is 0.250 e. The highest BCUT2D eigenvalue weighted by Crippen LogP contribution is 2.37. The Bertz CT molecular complexity index is 310. The van der Waals surface area contributed by atoms with E-state index in [0.29, 0.717) is 12.5 Å². The molecule has 0 aromatic heterocycles. The van der Waals surface area contributed by atoms with Crippen LogP contribution in [0.25, 0.3) is 0 Å². The molecule has 0 radical (unpaired) electrons. The first kappa shape index (κ1) is 14.7. The van der Waals surface area contributed by atoms with Gasteiger partial charge < -0.3 is 11.1 Å². The molecule has 1 saturated carbocycles. The molecule has 110 valence electrons. The highest BCUT2D eigenvalue weighted by Gasteiger charge is 2.32. The van der Waals surface area contributed by atoms with E-state index in [1.54, 1.807) is 0 Å². The highest BCUT2D eigenvalue weighted by atomic mass is 19.3. The molecule has 1 aliphatic carbocycles. The number of rotatable bonds is 7. The number of carbonyl (C=O) groups is 1. The van der Waals surface area contributed by atoms with Crippen LogP contribution in [0.2, 0.25) is 0 Å². The van der Waals surface area contributed by atoms with Gasteiger partial charge in [-0.25, -0.2) is 8.78 Å². The minimum atomic E-state index is -2.33. The van der Waals surface area contributed by atoms with Crippen molar-refractivity contribution in [2.75, 3.05) is 26.2 Å². The topological polar surface area (TPSA) is 58.4 Å². The first-order chi connectivity index (χ1) is 9.02. The molecule has 2 fully saturated rings. The third kappa shape index (κ3) is 5.40. The molecule has 0 aromatic rings. The average Bonchev–Trinajstić information content (AvgIpc) is 3.09. The van der Waals surface area contributed by atoms with Gasteiger partial charge in [0.25, 0.3) is 6.43 Å². The summed E-state index contributed by atoms with van der Waals surface area (Å²) >= 11 is 0. The van der Waals surface area contributed by atoms with Crippen LogP contribution in [-0.4, -0.2) is 49.5 Å². The van der Waals surface area contributed by atoms with Crippen molar-refractivity contribution in [2.45, 2.75) is 38.2 Å². The van der Waals surface area contributed by atoms with Crippen molar-refractivity contribution in [1.29, 1.82) is 0 Å². The van der Waals surface area contributed by atoms with Crippen molar-refractivity contribution in [3.05, 3.63) is 0 Å². The molecule has 0 aromatic carbocycles. The van der Waals surface area contributed by atoms with Gasteiger partial charge in [0, 0.05) is 19.1 Å². The number of halogens is 2. The number of hydrogen-bond acceptors (Lipinski definition) is 3. The van der Waals surface area contributed by atoms with Gasteiger partial charge in [0.2, 0.25) is 5.91 Å². The van der Waals surface area contributed by atoms with Gasteiger partial charge in [-0.3, -0.25) is 9.69 Å². The van der Waals surface area contributed by atoms with Crippen molar-refractivity contribution < 1.29 is 13.6 Å². The van der Waals surface area contributed by atoms with Crippen molar-refractivity contribution in [1.82, 2.24) is 10.2 Å². The summed E-state index contributed by atoms with van der Waals surface area (Å²) in [4.78, 5) is 13.0. The zero-order valence-corrected chi connectivity index (χ0v) is 11.2. The van der Waals surface area contributed by atoms with E-state index in [1.165, 1.54) is 12.8 Å². The van der Waals surface area contributed by atoms with E-state index in [4.69, 9.17) is 5.73 Å². The number of amides is 1. The Morgan fingerprint density at radius 3 is 2.63 bits per heavy atom. The van der Waals surface area contributed by atoms with E-state index in [1.807, 2.05) is 4.90 Å². The van der Waals surface area contributed by atoms with Crippen LogP contribution in [0.3, 0.4) is 0 Å². The molecule has 6 heteroatoms. The van der Waals surface area contributed by atoms with E-state index in [2.05, 4.69) is 5.32 Å². The van der Waals surface area contributed by atoms with Crippen LogP contribution in [0.1, 0.15) is 25.7 Å². The Hall–Kier alpha value is -0.750.